The highest BCUT2D eigenvalue weighted by Crippen LogP contribution is 2.29. The first-order chi connectivity index (χ1) is 8.24. The lowest BCUT2D eigenvalue weighted by Gasteiger charge is -2.09. The molecule has 0 radical (unpaired) electrons. The molecule has 0 fully saturated rings. The summed E-state index contributed by atoms with van der Waals surface area (Å²) in [5.74, 6) is -0.503. The summed E-state index contributed by atoms with van der Waals surface area (Å²) in [6, 6.07) is 4.22. The van der Waals surface area contributed by atoms with Gasteiger partial charge in [-0.15, -0.1) is 12.4 Å². The number of alkyl halides is 3. The van der Waals surface area contributed by atoms with Crippen molar-refractivity contribution in [1.82, 2.24) is 4.72 Å². The van der Waals surface area contributed by atoms with Gasteiger partial charge in [0, 0.05) is 13.1 Å². The third kappa shape index (κ3) is 6.24. The van der Waals surface area contributed by atoms with Gasteiger partial charge >= 0.3 is 6.18 Å². The van der Waals surface area contributed by atoms with Crippen LogP contribution in [0.1, 0.15) is 11.1 Å². The van der Waals surface area contributed by atoms with Crippen LogP contribution < -0.4 is 10.5 Å². The van der Waals surface area contributed by atoms with Gasteiger partial charge in [-0.3, -0.25) is 0 Å². The number of rotatable bonds is 5. The second-order valence-corrected chi connectivity index (χ2v) is 5.45. The van der Waals surface area contributed by atoms with Crippen LogP contribution in [-0.2, 0) is 22.0 Å². The second-order valence-electron chi connectivity index (χ2n) is 3.64. The van der Waals surface area contributed by atoms with E-state index in [0.717, 1.165) is 12.1 Å². The Kier molecular flexibility index (Phi) is 6.78. The molecule has 0 amide bonds. The molecule has 0 aromatic heterocycles. The van der Waals surface area contributed by atoms with Gasteiger partial charge in [0.2, 0.25) is 10.0 Å². The molecule has 0 saturated heterocycles. The average Bonchev–Trinajstić information content (AvgIpc) is 2.25. The topological polar surface area (TPSA) is 72.2 Å². The van der Waals surface area contributed by atoms with Crippen molar-refractivity contribution < 1.29 is 21.6 Å². The highest BCUT2D eigenvalue weighted by atomic mass is 35.5. The second kappa shape index (κ2) is 7.09. The zero-order valence-electron chi connectivity index (χ0n) is 9.77. The monoisotopic (exact) mass is 318 g/mol. The van der Waals surface area contributed by atoms with Crippen LogP contribution in [-0.4, -0.2) is 21.5 Å². The van der Waals surface area contributed by atoms with Crippen LogP contribution in [0.25, 0.3) is 0 Å². The SMILES string of the molecule is Cl.NCCNS(=O)(=O)Cc1cccc(C(F)(F)F)c1. The zero-order chi connectivity index (χ0) is 13.8. The van der Waals surface area contributed by atoms with Crippen LogP contribution in [0.5, 0.6) is 0 Å². The predicted molar refractivity (Wildman–Crippen MR) is 68.4 cm³/mol. The molecule has 110 valence electrons. The van der Waals surface area contributed by atoms with Crippen molar-refractivity contribution in [2.75, 3.05) is 13.1 Å². The molecule has 0 bridgehead atoms. The van der Waals surface area contributed by atoms with Crippen molar-refractivity contribution in [2.45, 2.75) is 11.9 Å². The summed E-state index contributed by atoms with van der Waals surface area (Å²) in [6.45, 7) is 0.184. The predicted octanol–water partition coefficient (Wildman–Crippen LogP) is 1.51. The molecule has 0 aliphatic rings. The number of hydrogen-bond acceptors (Lipinski definition) is 3. The minimum atomic E-state index is -4.48. The van der Waals surface area contributed by atoms with Crippen molar-refractivity contribution in [3.8, 4) is 0 Å². The van der Waals surface area contributed by atoms with Gasteiger partial charge in [-0.25, -0.2) is 13.1 Å². The first-order valence-electron chi connectivity index (χ1n) is 5.08. The smallest absolute Gasteiger partial charge is 0.329 e. The third-order valence-corrected chi connectivity index (χ3v) is 3.43. The molecule has 3 N–H and O–H groups in total. The molecule has 0 atom stereocenters. The van der Waals surface area contributed by atoms with Gasteiger partial charge in [0.05, 0.1) is 11.3 Å². The van der Waals surface area contributed by atoms with Gasteiger partial charge in [-0.2, -0.15) is 13.2 Å². The number of nitrogens with one attached hydrogen (secondary N) is 1. The maximum absolute atomic E-state index is 12.4. The van der Waals surface area contributed by atoms with Crippen molar-refractivity contribution >= 4 is 22.4 Å². The fourth-order valence-corrected chi connectivity index (χ4v) is 2.47. The normalized spacial score (nSPS) is 12.0. The Morgan fingerprint density at radius 3 is 2.42 bits per heavy atom. The lowest BCUT2D eigenvalue weighted by atomic mass is 10.1. The van der Waals surface area contributed by atoms with Crippen LogP contribution in [0, 0.1) is 0 Å². The van der Waals surface area contributed by atoms with Crippen LogP contribution in [0.15, 0.2) is 24.3 Å². The number of hydrogen-bond donors (Lipinski definition) is 2. The maximum atomic E-state index is 12.4. The minimum Gasteiger partial charge on any atom is -0.329 e. The first-order valence-corrected chi connectivity index (χ1v) is 6.73. The Morgan fingerprint density at radius 1 is 1.26 bits per heavy atom. The van der Waals surface area contributed by atoms with E-state index >= 15 is 0 Å². The van der Waals surface area contributed by atoms with Crippen molar-refractivity contribution in [3.05, 3.63) is 35.4 Å². The molecule has 19 heavy (non-hydrogen) atoms. The molecule has 9 heteroatoms. The van der Waals surface area contributed by atoms with E-state index in [0.29, 0.717) is 0 Å². The molecule has 1 aromatic carbocycles. The van der Waals surface area contributed by atoms with E-state index in [2.05, 4.69) is 4.72 Å². The molecule has 1 rings (SSSR count). The fraction of sp³-hybridized carbons (Fsp3) is 0.400. The first kappa shape index (κ1) is 18.2. The highest BCUT2D eigenvalue weighted by Gasteiger charge is 2.30. The van der Waals surface area contributed by atoms with Gasteiger partial charge in [0.25, 0.3) is 0 Å². The molecule has 0 saturated carbocycles. The largest absolute Gasteiger partial charge is 0.416 e. The van der Waals surface area contributed by atoms with E-state index in [4.69, 9.17) is 5.73 Å². The molecular formula is C10H14ClF3N2O2S. The van der Waals surface area contributed by atoms with Crippen molar-refractivity contribution in [2.24, 2.45) is 5.73 Å². The van der Waals surface area contributed by atoms with Crippen LogP contribution in [0.2, 0.25) is 0 Å². The van der Waals surface area contributed by atoms with Crippen molar-refractivity contribution in [3.63, 3.8) is 0 Å². The summed E-state index contributed by atoms with van der Waals surface area (Å²) in [4.78, 5) is 0. The molecule has 0 aliphatic carbocycles. The van der Waals surface area contributed by atoms with Crippen LogP contribution >= 0.6 is 12.4 Å². The Morgan fingerprint density at radius 2 is 1.89 bits per heavy atom. The quantitative estimate of drug-likeness (QED) is 0.864. The van der Waals surface area contributed by atoms with Crippen LogP contribution in [0.4, 0.5) is 13.2 Å². The summed E-state index contributed by atoms with van der Waals surface area (Å²) >= 11 is 0. The number of halogens is 4. The van der Waals surface area contributed by atoms with E-state index in [1.165, 1.54) is 12.1 Å². The molecule has 0 heterocycles. The lowest BCUT2D eigenvalue weighted by Crippen LogP contribution is -2.30. The van der Waals surface area contributed by atoms with E-state index in [1.807, 2.05) is 0 Å². The summed E-state index contributed by atoms with van der Waals surface area (Å²) in [5, 5.41) is 0. The van der Waals surface area contributed by atoms with Gasteiger partial charge < -0.3 is 5.73 Å². The Bertz CT molecular complexity index is 506. The summed E-state index contributed by atoms with van der Waals surface area (Å²) in [7, 11) is -3.66. The Balaban J connectivity index is 0.00000324. The minimum absolute atomic E-state index is 0. The average molecular weight is 319 g/mol. The molecule has 0 unspecified atom stereocenters. The number of sulfonamides is 1. The van der Waals surface area contributed by atoms with E-state index < -0.39 is 27.5 Å². The molecule has 1 aromatic rings. The van der Waals surface area contributed by atoms with E-state index in [9.17, 15) is 21.6 Å². The van der Waals surface area contributed by atoms with Gasteiger partial charge in [-0.1, -0.05) is 18.2 Å². The van der Waals surface area contributed by atoms with Gasteiger partial charge in [0.15, 0.2) is 0 Å². The lowest BCUT2D eigenvalue weighted by molar-refractivity contribution is -0.137. The van der Waals surface area contributed by atoms with Gasteiger partial charge in [0.1, 0.15) is 0 Å². The number of benzene rings is 1. The highest BCUT2D eigenvalue weighted by molar-refractivity contribution is 7.88. The van der Waals surface area contributed by atoms with E-state index in [-0.39, 0.29) is 31.1 Å². The summed E-state index contributed by atoms with van der Waals surface area (Å²) < 4.78 is 62.4. The molecule has 4 nitrogen and oxygen atoms in total. The summed E-state index contributed by atoms with van der Waals surface area (Å²) in [6.07, 6.45) is -4.48. The zero-order valence-corrected chi connectivity index (χ0v) is 11.4. The Labute approximate surface area is 115 Å². The summed E-state index contributed by atoms with van der Waals surface area (Å²) in [5.41, 5.74) is 4.35. The fourth-order valence-electron chi connectivity index (χ4n) is 1.32. The van der Waals surface area contributed by atoms with Crippen LogP contribution in [0.3, 0.4) is 0 Å². The van der Waals surface area contributed by atoms with E-state index in [1.54, 1.807) is 0 Å². The maximum Gasteiger partial charge on any atom is 0.416 e. The molecule has 0 aliphatic heterocycles. The van der Waals surface area contributed by atoms with Crippen molar-refractivity contribution in [1.29, 1.82) is 0 Å². The molecule has 0 spiro atoms. The molecular weight excluding hydrogens is 305 g/mol. The third-order valence-electron chi connectivity index (χ3n) is 2.08. The standard InChI is InChI=1S/C10H13F3N2O2S.ClH/c11-10(12,13)9-3-1-2-8(6-9)7-18(16,17)15-5-4-14;/h1-3,6,15H,4-5,7,14H2;1H. The van der Waals surface area contributed by atoms with Gasteiger partial charge in [-0.05, 0) is 11.6 Å². The Hall–Kier alpha value is -0.830. The number of nitrogens with two attached hydrogens (primary N) is 1.